The van der Waals surface area contributed by atoms with Gasteiger partial charge in [-0.3, -0.25) is 19.4 Å². The van der Waals surface area contributed by atoms with Crippen molar-refractivity contribution < 1.29 is 19.8 Å². The molecule has 22 nitrogen and oxygen atoms in total. The smallest absolute Gasteiger partial charge is 0.306 e. The Bertz CT molecular complexity index is 4960. The number of likely N-dealkylation sites (tertiary alicyclic amines) is 3. The molecule has 6 aromatic heterocycles. The van der Waals surface area contributed by atoms with Crippen molar-refractivity contribution in [3.8, 4) is 0 Å². The van der Waals surface area contributed by atoms with Crippen LogP contribution in [0.15, 0.2) is 73.2 Å². The fourth-order valence-corrected chi connectivity index (χ4v) is 22.1. The molecule has 9 aromatic rings. The lowest BCUT2D eigenvalue weighted by Crippen LogP contribution is -2.58. The molecular formula is C81H94Cl6N18O4. The number of nitrogens with zero attached hydrogens (tertiary/aromatic N) is 18. The maximum atomic E-state index is 12.4. The van der Waals surface area contributed by atoms with Crippen LogP contribution in [0.4, 0.5) is 17.5 Å². The van der Waals surface area contributed by atoms with Crippen LogP contribution in [-0.2, 0) is 9.59 Å². The first kappa shape index (κ1) is 73.7. The molecule has 12 heterocycles. The molecule has 0 bridgehead atoms. The zero-order chi connectivity index (χ0) is 75.1. The summed E-state index contributed by atoms with van der Waals surface area (Å²) < 4.78 is 6.07. The number of rotatable bonds is 21. The summed E-state index contributed by atoms with van der Waals surface area (Å²) in [5.74, 6) is 4.19. The third-order valence-corrected chi connectivity index (χ3v) is 28.7. The molecule has 18 rings (SSSR count). The summed E-state index contributed by atoms with van der Waals surface area (Å²) in [7, 11) is 0. The van der Waals surface area contributed by atoms with Gasteiger partial charge in [-0.15, -0.1) is 0 Å². The highest BCUT2D eigenvalue weighted by Gasteiger charge is 2.49. The van der Waals surface area contributed by atoms with Gasteiger partial charge in [0.05, 0.1) is 65.6 Å². The van der Waals surface area contributed by atoms with Crippen LogP contribution in [0.25, 0.3) is 33.5 Å². The van der Waals surface area contributed by atoms with Crippen molar-refractivity contribution >= 4 is 132 Å². The van der Waals surface area contributed by atoms with Gasteiger partial charge in [-0.25, -0.2) is 43.9 Å². The number of piperidine rings is 3. The predicted octanol–water partition coefficient (Wildman–Crippen LogP) is 15.3. The maximum Gasteiger partial charge on any atom is 0.306 e. The SMILES string of the molecule is Cc1nn([C@H](C)c2ccc(Cl)cc2Cl)c2nc(N3CC([C@@H]4CC(C[C@H](c5ccc(Cl)cc5Cl)n5nc(C)c6ncc(N7CC([C@H]8CC(C[C@H](c9ccc(Cl)cc9Cl)n9nc(C)c%10ncc(N%11CC([C@@H]%12CCCN(C%13CC(C)C%13)C%12)C%11)nc%109)CN([C@H]9C[C@@H](C(=O)O)C9)C8)C7)nc65)CN(C5CC(C(=O)O)C5)C4)C3)cnc12. The minimum atomic E-state index is -0.727. The Morgan fingerprint density at radius 1 is 0.450 bits per heavy atom. The van der Waals surface area contributed by atoms with Crippen LogP contribution in [0.2, 0.25) is 30.1 Å². The van der Waals surface area contributed by atoms with Gasteiger partial charge in [0.2, 0.25) is 0 Å². The molecule has 3 aliphatic carbocycles. The third-order valence-electron chi connectivity index (χ3n) is 27.0. The number of hydrogen-bond acceptors (Lipinski definition) is 17. The number of hydrogen-bond donors (Lipinski definition) is 2. The molecule has 28 heteroatoms. The summed E-state index contributed by atoms with van der Waals surface area (Å²) in [6.45, 7) is 21.4. The minimum Gasteiger partial charge on any atom is -0.481 e. The van der Waals surface area contributed by atoms with Crippen molar-refractivity contribution in [2.45, 2.75) is 148 Å². The molecule has 3 saturated carbocycles. The summed E-state index contributed by atoms with van der Waals surface area (Å²) in [5.41, 5.74) is 9.46. The number of aliphatic carboxylic acids is 2. The highest BCUT2D eigenvalue weighted by atomic mass is 35.5. The van der Waals surface area contributed by atoms with Crippen molar-refractivity contribution in [1.29, 1.82) is 0 Å². The molecule has 6 saturated heterocycles. The van der Waals surface area contributed by atoms with E-state index < -0.39 is 11.9 Å². The van der Waals surface area contributed by atoms with E-state index in [-0.39, 0.29) is 53.9 Å². The number of fused-ring (bicyclic) bond motifs is 3. The molecule has 8 atom stereocenters. The molecule has 0 spiro atoms. The summed E-state index contributed by atoms with van der Waals surface area (Å²) in [6.07, 6.45) is 16.8. The normalized spacial score (nSPS) is 27.6. The molecule has 574 valence electrons. The third kappa shape index (κ3) is 14.2. The van der Waals surface area contributed by atoms with Gasteiger partial charge in [-0.05, 0) is 218 Å². The number of anilines is 3. The van der Waals surface area contributed by atoms with E-state index in [1.807, 2.05) is 92.6 Å². The average Bonchev–Trinajstić information content (AvgIpc) is 1.72. The van der Waals surface area contributed by atoms with Gasteiger partial charge < -0.3 is 29.8 Å². The van der Waals surface area contributed by atoms with Crippen LogP contribution in [0.5, 0.6) is 0 Å². The number of halogens is 6. The lowest BCUT2D eigenvalue weighted by Gasteiger charge is -2.52. The van der Waals surface area contributed by atoms with Gasteiger partial charge in [0.1, 0.15) is 34.0 Å². The van der Waals surface area contributed by atoms with Crippen molar-refractivity contribution in [2.75, 3.05) is 93.2 Å². The molecular weight excluding hydrogens is 1500 g/mol. The van der Waals surface area contributed by atoms with Gasteiger partial charge in [0.15, 0.2) is 16.9 Å². The van der Waals surface area contributed by atoms with Crippen LogP contribution >= 0.6 is 69.6 Å². The van der Waals surface area contributed by atoms with Crippen LogP contribution in [0, 0.1) is 85.9 Å². The molecule has 3 aromatic carbocycles. The molecule has 109 heavy (non-hydrogen) atoms. The number of carboxylic acid groups (broad SMARTS) is 2. The number of carboxylic acids is 2. The first-order valence-corrected chi connectivity index (χ1v) is 41.7. The lowest BCUT2D eigenvalue weighted by atomic mass is 9.72. The number of benzene rings is 3. The van der Waals surface area contributed by atoms with E-state index in [1.165, 1.54) is 38.8 Å². The van der Waals surface area contributed by atoms with Crippen LogP contribution in [-0.4, -0.2) is 193 Å². The minimum absolute atomic E-state index is 0.170. The first-order chi connectivity index (χ1) is 52.5. The van der Waals surface area contributed by atoms with Gasteiger partial charge in [-0.1, -0.05) is 94.7 Å². The molecule has 0 radical (unpaired) electrons. The van der Waals surface area contributed by atoms with E-state index in [0.717, 1.165) is 170 Å². The Labute approximate surface area is 665 Å². The van der Waals surface area contributed by atoms with E-state index >= 15 is 0 Å². The van der Waals surface area contributed by atoms with Gasteiger partial charge in [0.25, 0.3) is 0 Å². The lowest BCUT2D eigenvalue weighted by molar-refractivity contribution is -0.148. The summed E-state index contributed by atoms with van der Waals surface area (Å²) in [4.78, 5) is 71.2. The zero-order valence-corrected chi connectivity index (χ0v) is 66.8. The summed E-state index contributed by atoms with van der Waals surface area (Å²) >= 11 is 41.1. The quantitative estimate of drug-likeness (QED) is 0.0682. The van der Waals surface area contributed by atoms with Gasteiger partial charge in [0, 0.05) is 120 Å². The van der Waals surface area contributed by atoms with E-state index in [4.69, 9.17) is 115 Å². The van der Waals surface area contributed by atoms with Crippen molar-refractivity contribution in [3.63, 3.8) is 0 Å². The standard InChI is InChI=1S/C81H94Cl6N18O4/c1-42-15-60(16-42)97-14-6-7-49(33-97)54-36-100(37-54)72-29-89-75-44(3)95-104(78(75)92-72)69(64-12-9-58(83)26-67(64)86)19-48-18-53(35-99(32-48)62-23-51(24-62)81(108)109)56-40-102(41-56)73-30-90-76-45(4)96-105(79(76)93-73)70(65-13-10-59(84)27-68(65)87)20-47-17-52(34-98(31-47)61-21-50(22-61)80(106)107)55-38-101(39-55)71-28-88-74-43(2)94-103(77(74)91-71)46(5)63-11-8-57(82)25-66(63)85/h8-13,25-30,42,46-56,60-62,69-70H,6-7,14-24,31-41H2,1-5H3,(H,106,107)(H,108,109)/t42?,46-,47?,48?,49-,50?,51-,52-,53+,60?,61?,62+,69-,70-/m1/s1. The van der Waals surface area contributed by atoms with Crippen molar-refractivity contribution in [3.05, 3.63) is 137 Å². The maximum absolute atomic E-state index is 12.4. The Hall–Kier alpha value is -6.73. The van der Waals surface area contributed by atoms with Gasteiger partial charge >= 0.3 is 11.9 Å². The molecule has 9 fully saturated rings. The van der Waals surface area contributed by atoms with E-state index in [9.17, 15) is 19.8 Å². The summed E-state index contributed by atoms with van der Waals surface area (Å²) in [6, 6.07) is 17.3. The Kier molecular flexibility index (Phi) is 20.1. The highest BCUT2D eigenvalue weighted by molar-refractivity contribution is 6.36. The predicted molar refractivity (Wildman–Crippen MR) is 427 cm³/mol. The molecule has 0 amide bonds. The molecule has 6 aliphatic heterocycles. The zero-order valence-electron chi connectivity index (χ0n) is 62.2. The highest BCUT2D eigenvalue weighted by Crippen LogP contribution is 2.48. The fraction of sp³-hybridized carbons (Fsp3) is 0.568. The largest absolute Gasteiger partial charge is 0.481 e. The van der Waals surface area contributed by atoms with E-state index in [1.54, 1.807) is 6.07 Å². The number of aromatic nitrogens is 12. The van der Waals surface area contributed by atoms with Crippen LogP contribution in [0.1, 0.15) is 143 Å². The second kappa shape index (κ2) is 29.7. The van der Waals surface area contributed by atoms with Crippen LogP contribution in [0.3, 0.4) is 0 Å². The van der Waals surface area contributed by atoms with Crippen LogP contribution < -0.4 is 14.7 Å². The average molecular weight is 1600 g/mol. The first-order valence-electron chi connectivity index (χ1n) is 39.5. The summed E-state index contributed by atoms with van der Waals surface area (Å²) in [5, 5.41) is 39.2. The second-order valence-electron chi connectivity index (χ2n) is 34.0. The Morgan fingerprint density at radius 2 is 0.817 bits per heavy atom. The molecule has 9 aliphatic rings. The second-order valence-corrected chi connectivity index (χ2v) is 36.6. The topological polar surface area (TPSA) is 225 Å². The van der Waals surface area contributed by atoms with E-state index in [0.29, 0.717) is 109 Å². The Balaban J connectivity index is 0.596. The number of carbonyl (C=O) groups is 2. The monoisotopic (exact) mass is 1590 g/mol. The molecule has 2 unspecified atom stereocenters. The van der Waals surface area contributed by atoms with E-state index in [2.05, 4.69) is 52.6 Å². The Morgan fingerprint density at radius 3 is 1.21 bits per heavy atom. The van der Waals surface area contributed by atoms with Gasteiger partial charge in [-0.2, -0.15) is 15.3 Å². The van der Waals surface area contributed by atoms with Crippen molar-refractivity contribution in [1.82, 2.24) is 73.9 Å². The molecule has 2 N–H and O–H groups in total. The number of aryl methyl sites for hydroxylation is 3. The fourth-order valence-electron chi connectivity index (χ4n) is 20.4. The van der Waals surface area contributed by atoms with Crippen molar-refractivity contribution in [2.24, 2.45) is 65.1 Å².